The average molecular weight is 307 g/mol. The van der Waals surface area contributed by atoms with Crippen molar-refractivity contribution in [2.75, 3.05) is 12.3 Å². The largest absolute Gasteiger partial charge is 0.477 e. The number of thioether (sulfide) groups is 1. The zero-order chi connectivity index (χ0) is 13.2. The number of hydrogen-bond acceptors (Lipinski definition) is 5. The van der Waals surface area contributed by atoms with E-state index < -0.39 is 16.0 Å². The molecule has 0 saturated carbocycles. The molecule has 0 bridgehead atoms. The number of sulfonamides is 1. The summed E-state index contributed by atoms with van der Waals surface area (Å²) in [6, 6.07) is 1.33. The van der Waals surface area contributed by atoms with Gasteiger partial charge in [-0.05, 0) is 30.0 Å². The van der Waals surface area contributed by atoms with Crippen molar-refractivity contribution in [3.63, 3.8) is 0 Å². The Balaban J connectivity index is 2.09. The summed E-state index contributed by atoms with van der Waals surface area (Å²) in [4.78, 5) is 10.6. The lowest BCUT2D eigenvalue weighted by Gasteiger charge is -2.10. The van der Waals surface area contributed by atoms with Gasteiger partial charge >= 0.3 is 5.97 Å². The van der Waals surface area contributed by atoms with Crippen molar-refractivity contribution >= 4 is 39.1 Å². The number of carboxylic acid groups (broad SMARTS) is 1. The molecule has 0 spiro atoms. The predicted molar refractivity (Wildman–Crippen MR) is 71.9 cm³/mol. The van der Waals surface area contributed by atoms with Crippen molar-refractivity contribution in [3.8, 4) is 0 Å². The number of nitrogens with one attached hydrogen (secondary N) is 1. The molecule has 1 saturated heterocycles. The van der Waals surface area contributed by atoms with Crippen molar-refractivity contribution < 1.29 is 18.3 Å². The molecule has 0 radical (unpaired) electrons. The Morgan fingerprint density at radius 3 is 2.94 bits per heavy atom. The fourth-order valence-electron chi connectivity index (χ4n) is 1.75. The van der Waals surface area contributed by atoms with E-state index in [4.69, 9.17) is 5.11 Å². The van der Waals surface area contributed by atoms with Gasteiger partial charge in [0.05, 0.1) is 0 Å². The van der Waals surface area contributed by atoms with Crippen LogP contribution in [-0.2, 0) is 10.0 Å². The Labute approximate surface area is 114 Å². The number of aromatic carboxylic acids is 1. The van der Waals surface area contributed by atoms with Crippen LogP contribution >= 0.6 is 23.1 Å². The Bertz CT molecular complexity index is 531. The van der Waals surface area contributed by atoms with E-state index in [1.807, 2.05) is 0 Å². The first kappa shape index (κ1) is 13.9. The average Bonchev–Trinajstić information content (AvgIpc) is 2.98. The summed E-state index contributed by atoms with van der Waals surface area (Å²) in [7, 11) is -3.71. The van der Waals surface area contributed by atoms with E-state index >= 15 is 0 Å². The minimum atomic E-state index is -3.71. The van der Waals surface area contributed by atoms with Gasteiger partial charge in [-0.1, -0.05) is 0 Å². The monoisotopic (exact) mass is 307 g/mol. The standard InChI is InChI=1S/C10H13NO4S3/c12-10(13)9-8(3-5-17-9)18(14,15)11-6-7-2-1-4-16-7/h3,5,7,11H,1-2,4,6H2,(H,12,13). The van der Waals surface area contributed by atoms with Gasteiger partial charge in [0.2, 0.25) is 10.0 Å². The lowest BCUT2D eigenvalue weighted by atomic mass is 10.2. The lowest BCUT2D eigenvalue weighted by Crippen LogP contribution is -2.30. The molecule has 1 unspecified atom stereocenters. The molecule has 2 N–H and O–H groups in total. The summed E-state index contributed by atoms with van der Waals surface area (Å²) in [6.45, 7) is 0.363. The molecule has 1 aliphatic rings. The van der Waals surface area contributed by atoms with Crippen molar-refractivity contribution in [3.05, 3.63) is 16.3 Å². The van der Waals surface area contributed by atoms with Gasteiger partial charge in [-0.2, -0.15) is 11.8 Å². The molecule has 5 nitrogen and oxygen atoms in total. The SMILES string of the molecule is O=C(O)c1sccc1S(=O)(=O)NCC1CCCS1. The smallest absolute Gasteiger partial charge is 0.347 e. The highest BCUT2D eigenvalue weighted by molar-refractivity contribution is 8.00. The van der Waals surface area contributed by atoms with Crippen LogP contribution in [0.5, 0.6) is 0 Å². The molecule has 1 aliphatic heterocycles. The summed E-state index contributed by atoms with van der Waals surface area (Å²) in [5.41, 5.74) is 0. The predicted octanol–water partition coefficient (Wildman–Crippen LogP) is 1.62. The highest BCUT2D eigenvalue weighted by Gasteiger charge is 2.25. The summed E-state index contributed by atoms with van der Waals surface area (Å²) in [5, 5.41) is 10.7. The second-order valence-corrected chi connectivity index (χ2v) is 7.97. The summed E-state index contributed by atoms with van der Waals surface area (Å²) in [5.74, 6) is -0.147. The van der Waals surface area contributed by atoms with Gasteiger partial charge in [0.25, 0.3) is 0 Å². The fourth-order valence-corrected chi connectivity index (χ4v) is 5.40. The summed E-state index contributed by atoms with van der Waals surface area (Å²) in [6.07, 6.45) is 2.11. The maximum Gasteiger partial charge on any atom is 0.347 e. The fraction of sp³-hybridized carbons (Fsp3) is 0.500. The van der Waals surface area contributed by atoms with Gasteiger partial charge in [0, 0.05) is 11.8 Å². The minimum absolute atomic E-state index is 0.136. The molecule has 1 fully saturated rings. The van der Waals surface area contributed by atoms with Crippen LogP contribution in [0.1, 0.15) is 22.5 Å². The van der Waals surface area contributed by atoms with Crippen LogP contribution in [0, 0.1) is 0 Å². The highest BCUT2D eigenvalue weighted by Crippen LogP contribution is 2.26. The Morgan fingerprint density at radius 1 is 1.56 bits per heavy atom. The van der Waals surface area contributed by atoms with E-state index in [1.54, 1.807) is 11.8 Å². The van der Waals surface area contributed by atoms with Crippen molar-refractivity contribution in [2.45, 2.75) is 23.0 Å². The molecule has 1 atom stereocenters. The van der Waals surface area contributed by atoms with Gasteiger partial charge < -0.3 is 5.11 Å². The quantitative estimate of drug-likeness (QED) is 0.863. The third-order valence-corrected chi connectivity index (χ3v) is 6.53. The van der Waals surface area contributed by atoms with Gasteiger partial charge in [-0.25, -0.2) is 17.9 Å². The van der Waals surface area contributed by atoms with Crippen molar-refractivity contribution in [1.82, 2.24) is 4.72 Å². The highest BCUT2D eigenvalue weighted by atomic mass is 32.2. The van der Waals surface area contributed by atoms with E-state index in [9.17, 15) is 13.2 Å². The van der Waals surface area contributed by atoms with Crippen LogP contribution in [0.2, 0.25) is 0 Å². The van der Waals surface area contributed by atoms with Gasteiger partial charge in [-0.15, -0.1) is 11.3 Å². The third kappa shape index (κ3) is 3.05. The molecule has 0 aliphatic carbocycles. The van der Waals surface area contributed by atoms with E-state index in [2.05, 4.69) is 4.72 Å². The third-order valence-electron chi connectivity index (χ3n) is 2.64. The Morgan fingerprint density at radius 2 is 2.33 bits per heavy atom. The number of thiophene rings is 1. The van der Waals surface area contributed by atoms with Crippen molar-refractivity contribution in [2.24, 2.45) is 0 Å². The van der Waals surface area contributed by atoms with Gasteiger partial charge in [-0.3, -0.25) is 0 Å². The number of rotatable bonds is 5. The number of carboxylic acids is 1. The minimum Gasteiger partial charge on any atom is -0.477 e. The van der Waals surface area contributed by atoms with Crippen molar-refractivity contribution in [1.29, 1.82) is 0 Å². The van der Waals surface area contributed by atoms with Crippen LogP contribution < -0.4 is 4.72 Å². The van der Waals surface area contributed by atoms with E-state index in [1.165, 1.54) is 11.4 Å². The van der Waals surface area contributed by atoms with E-state index in [-0.39, 0.29) is 9.77 Å². The molecule has 2 heterocycles. The summed E-state index contributed by atoms with van der Waals surface area (Å²) < 4.78 is 26.5. The van der Waals surface area contributed by atoms with Crippen LogP contribution in [0.4, 0.5) is 0 Å². The Kier molecular flexibility index (Phi) is 4.31. The zero-order valence-electron chi connectivity index (χ0n) is 9.46. The molecule has 18 heavy (non-hydrogen) atoms. The molecule has 8 heteroatoms. The zero-order valence-corrected chi connectivity index (χ0v) is 11.9. The molecule has 0 amide bonds. The molecule has 1 aromatic rings. The van der Waals surface area contributed by atoms with E-state index in [0.29, 0.717) is 11.8 Å². The van der Waals surface area contributed by atoms with Crippen LogP contribution in [0.25, 0.3) is 0 Å². The molecular formula is C10H13NO4S3. The molecule has 2 rings (SSSR count). The van der Waals surface area contributed by atoms with Crippen LogP contribution in [0.3, 0.4) is 0 Å². The molecule has 0 aromatic carbocycles. The lowest BCUT2D eigenvalue weighted by molar-refractivity contribution is 0.0698. The van der Waals surface area contributed by atoms with Gasteiger partial charge in [0.15, 0.2) is 0 Å². The topological polar surface area (TPSA) is 83.5 Å². The van der Waals surface area contributed by atoms with Crippen LogP contribution in [0.15, 0.2) is 16.3 Å². The first-order valence-electron chi connectivity index (χ1n) is 5.43. The summed E-state index contributed by atoms with van der Waals surface area (Å²) >= 11 is 2.67. The van der Waals surface area contributed by atoms with Crippen LogP contribution in [-0.4, -0.2) is 37.0 Å². The van der Waals surface area contributed by atoms with Gasteiger partial charge in [0.1, 0.15) is 9.77 Å². The second kappa shape index (κ2) is 5.60. The second-order valence-electron chi connectivity index (χ2n) is 3.91. The van der Waals surface area contributed by atoms with E-state index in [0.717, 1.165) is 29.9 Å². The first-order chi connectivity index (χ1) is 8.50. The maximum atomic E-state index is 12.0. The first-order valence-corrected chi connectivity index (χ1v) is 8.84. The normalized spacial score (nSPS) is 20.1. The molecule has 100 valence electrons. The maximum absolute atomic E-state index is 12.0. The number of carbonyl (C=O) groups is 1. The Hall–Kier alpha value is -0.570. The molecular weight excluding hydrogens is 294 g/mol. The number of hydrogen-bond donors (Lipinski definition) is 2. The molecule has 1 aromatic heterocycles.